The van der Waals surface area contributed by atoms with E-state index in [4.69, 9.17) is 14.9 Å². The van der Waals surface area contributed by atoms with Crippen molar-refractivity contribution >= 4 is 0 Å². The van der Waals surface area contributed by atoms with Crippen molar-refractivity contribution in [2.24, 2.45) is 0 Å². The molecule has 1 aromatic heterocycles. The highest BCUT2D eigenvalue weighted by molar-refractivity contribution is 5.16. The Kier molecular flexibility index (Phi) is 15.5. The number of ether oxygens (including phenoxy) is 1. The van der Waals surface area contributed by atoms with Crippen molar-refractivity contribution in [3.8, 4) is 5.88 Å². The summed E-state index contributed by atoms with van der Waals surface area (Å²) < 4.78 is 5.59. The summed E-state index contributed by atoms with van der Waals surface area (Å²) in [5.74, 6) is 0.611. The Morgan fingerprint density at radius 1 is 0.960 bits per heavy atom. The summed E-state index contributed by atoms with van der Waals surface area (Å²) in [5.41, 5.74) is 0.795. The van der Waals surface area contributed by atoms with Gasteiger partial charge in [0.2, 0.25) is 5.88 Å². The lowest BCUT2D eigenvalue weighted by atomic mass is 10.3. The van der Waals surface area contributed by atoms with Gasteiger partial charge in [-0.1, -0.05) is 27.7 Å². The monoisotopic (exact) mass is 355 g/mol. The Bertz CT molecular complexity index is 393. The van der Waals surface area contributed by atoms with Crippen molar-refractivity contribution in [1.82, 2.24) is 14.8 Å². The second-order valence-electron chi connectivity index (χ2n) is 5.27. The topological polar surface area (TPSA) is 69.1 Å². The molecule has 1 aromatic rings. The van der Waals surface area contributed by atoms with Gasteiger partial charge in [-0.05, 0) is 18.1 Å². The molecule has 0 saturated carbocycles. The molecular weight excluding hydrogens is 318 g/mol. The summed E-state index contributed by atoms with van der Waals surface area (Å²) in [6, 6.07) is 3.61. The van der Waals surface area contributed by atoms with Gasteiger partial charge in [0, 0.05) is 51.5 Å². The van der Waals surface area contributed by atoms with E-state index in [1.807, 2.05) is 33.8 Å². The Morgan fingerprint density at radius 3 is 2.04 bits per heavy atom. The van der Waals surface area contributed by atoms with Crippen molar-refractivity contribution in [1.29, 1.82) is 0 Å². The fraction of sp³-hybridized carbons (Fsp3) is 0.737. The van der Waals surface area contributed by atoms with E-state index in [0.29, 0.717) is 12.5 Å². The molecule has 1 fully saturated rings. The second kappa shape index (κ2) is 16.3. The third-order valence-corrected chi connectivity index (χ3v) is 3.73. The van der Waals surface area contributed by atoms with Crippen molar-refractivity contribution in [3.05, 3.63) is 23.9 Å². The van der Waals surface area contributed by atoms with E-state index in [1.165, 1.54) is 0 Å². The van der Waals surface area contributed by atoms with Gasteiger partial charge in [-0.25, -0.2) is 4.98 Å². The lowest BCUT2D eigenvalue weighted by molar-refractivity contribution is 0.108. The van der Waals surface area contributed by atoms with Gasteiger partial charge in [0.15, 0.2) is 0 Å². The van der Waals surface area contributed by atoms with Gasteiger partial charge in [0.25, 0.3) is 0 Å². The number of rotatable bonds is 8. The average molecular weight is 356 g/mol. The zero-order valence-electron chi connectivity index (χ0n) is 16.4. The SMILES string of the molecule is CC.CC.OCCN1CCN(CCCOc2ccc(CO)cn2)CC1. The molecule has 0 unspecified atom stereocenters. The lowest BCUT2D eigenvalue weighted by Crippen LogP contribution is -2.47. The molecule has 0 aliphatic carbocycles. The van der Waals surface area contributed by atoms with E-state index in [9.17, 15) is 0 Å². The largest absolute Gasteiger partial charge is 0.478 e. The molecule has 6 heteroatoms. The number of aliphatic hydroxyl groups is 2. The average Bonchev–Trinajstić information content (AvgIpc) is 2.70. The predicted octanol–water partition coefficient (Wildman–Crippen LogP) is 2.01. The second-order valence-corrected chi connectivity index (χ2v) is 5.27. The van der Waals surface area contributed by atoms with Crippen LogP contribution in [0, 0.1) is 0 Å². The number of hydrogen-bond acceptors (Lipinski definition) is 6. The van der Waals surface area contributed by atoms with Crippen LogP contribution in [0.25, 0.3) is 0 Å². The smallest absolute Gasteiger partial charge is 0.213 e. The van der Waals surface area contributed by atoms with Crippen molar-refractivity contribution < 1.29 is 14.9 Å². The van der Waals surface area contributed by atoms with E-state index in [1.54, 1.807) is 12.3 Å². The van der Waals surface area contributed by atoms with Crippen molar-refractivity contribution in [3.63, 3.8) is 0 Å². The minimum Gasteiger partial charge on any atom is -0.478 e. The summed E-state index contributed by atoms with van der Waals surface area (Å²) >= 11 is 0. The van der Waals surface area contributed by atoms with Crippen LogP contribution in [0.4, 0.5) is 0 Å². The van der Waals surface area contributed by atoms with Gasteiger partial charge < -0.3 is 19.8 Å². The maximum Gasteiger partial charge on any atom is 0.213 e. The fourth-order valence-electron chi connectivity index (χ4n) is 2.43. The third kappa shape index (κ3) is 10.4. The van der Waals surface area contributed by atoms with E-state index in [-0.39, 0.29) is 13.2 Å². The van der Waals surface area contributed by atoms with E-state index in [0.717, 1.165) is 51.3 Å². The van der Waals surface area contributed by atoms with E-state index < -0.39 is 0 Å². The molecule has 2 rings (SSSR count). The molecule has 25 heavy (non-hydrogen) atoms. The molecule has 0 bridgehead atoms. The zero-order chi connectivity index (χ0) is 18.9. The first-order chi connectivity index (χ1) is 12.3. The highest BCUT2D eigenvalue weighted by atomic mass is 16.5. The first kappa shape index (κ1) is 23.8. The molecule has 6 nitrogen and oxygen atoms in total. The van der Waals surface area contributed by atoms with Crippen LogP contribution < -0.4 is 4.74 Å². The number of β-amino-alcohol motifs (C(OH)–C–C–N with tert-alkyl or cyclic N) is 1. The fourth-order valence-corrected chi connectivity index (χ4v) is 2.43. The molecule has 0 atom stereocenters. The van der Waals surface area contributed by atoms with Crippen molar-refractivity contribution in [2.75, 3.05) is 52.5 Å². The maximum absolute atomic E-state index is 8.94. The van der Waals surface area contributed by atoms with Crippen LogP contribution in [0.15, 0.2) is 18.3 Å². The van der Waals surface area contributed by atoms with Gasteiger partial charge >= 0.3 is 0 Å². The van der Waals surface area contributed by atoms with Crippen LogP contribution in [0.3, 0.4) is 0 Å². The molecule has 1 saturated heterocycles. The third-order valence-electron chi connectivity index (χ3n) is 3.73. The molecular formula is C19H37N3O3. The Morgan fingerprint density at radius 2 is 1.56 bits per heavy atom. The number of aliphatic hydroxyl groups excluding tert-OH is 2. The minimum atomic E-state index is 0.00946. The number of nitrogens with zero attached hydrogens (tertiary/aromatic N) is 3. The zero-order valence-corrected chi connectivity index (χ0v) is 16.4. The Hall–Kier alpha value is -1.21. The summed E-state index contributed by atoms with van der Waals surface area (Å²) in [7, 11) is 0. The Labute approximate surface area is 153 Å². The maximum atomic E-state index is 8.94. The molecule has 0 radical (unpaired) electrons. The molecule has 2 N–H and O–H groups in total. The number of aromatic nitrogens is 1. The Balaban J connectivity index is 0.00000134. The van der Waals surface area contributed by atoms with Crippen LogP contribution in [0.2, 0.25) is 0 Å². The standard InChI is InChI=1S/C15H25N3O3.2C2H6/c19-10-9-18-7-5-17(6-8-18)4-1-11-21-15-3-2-14(13-20)12-16-15;2*1-2/h2-3,12,19-20H,1,4-11,13H2;2*1-2H3. The summed E-state index contributed by atoms with van der Waals surface area (Å²) in [4.78, 5) is 8.86. The summed E-state index contributed by atoms with van der Waals surface area (Å²) in [6.45, 7) is 14.9. The first-order valence-electron chi connectivity index (χ1n) is 9.56. The van der Waals surface area contributed by atoms with Gasteiger partial charge in [0.05, 0.1) is 19.8 Å². The molecule has 1 aliphatic rings. The molecule has 0 spiro atoms. The van der Waals surface area contributed by atoms with Gasteiger partial charge in [0.1, 0.15) is 0 Å². The predicted molar refractivity (Wildman–Crippen MR) is 103 cm³/mol. The highest BCUT2D eigenvalue weighted by Crippen LogP contribution is 2.08. The number of hydrogen-bond donors (Lipinski definition) is 2. The van der Waals surface area contributed by atoms with Gasteiger partial charge in [-0.2, -0.15) is 0 Å². The minimum absolute atomic E-state index is 0.00946. The van der Waals surface area contributed by atoms with Crippen LogP contribution in [0.1, 0.15) is 39.7 Å². The molecule has 0 aromatic carbocycles. The molecule has 0 amide bonds. The van der Waals surface area contributed by atoms with Crippen LogP contribution in [-0.2, 0) is 6.61 Å². The van der Waals surface area contributed by atoms with E-state index >= 15 is 0 Å². The van der Waals surface area contributed by atoms with E-state index in [2.05, 4.69) is 14.8 Å². The van der Waals surface area contributed by atoms with Gasteiger partial charge in [-0.3, -0.25) is 4.90 Å². The lowest BCUT2D eigenvalue weighted by Gasteiger charge is -2.34. The first-order valence-corrected chi connectivity index (χ1v) is 9.56. The van der Waals surface area contributed by atoms with Gasteiger partial charge in [-0.15, -0.1) is 0 Å². The van der Waals surface area contributed by atoms with Crippen molar-refractivity contribution in [2.45, 2.75) is 40.7 Å². The van der Waals surface area contributed by atoms with Crippen LogP contribution in [0.5, 0.6) is 5.88 Å². The number of pyridine rings is 1. The molecule has 1 aliphatic heterocycles. The number of piperazine rings is 1. The highest BCUT2D eigenvalue weighted by Gasteiger charge is 2.15. The molecule has 146 valence electrons. The summed E-state index contributed by atoms with van der Waals surface area (Å²) in [6.07, 6.45) is 2.61. The quantitative estimate of drug-likeness (QED) is 0.695. The van der Waals surface area contributed by atoms with Crippen LogP contribution >= 0.6 is 0 Å². The van der Waals surface area contributed by atoms with Crippen LogP contribution in [-0.4, -0.2) is 77.5 Å². The molecule has 2 heterocycles. The summed E-state index contributed by atoms with van der Waals surface area (Å²) in [5, 5.41) is 17.8. The normalized spacial score (nSPS) is 14.8.